The highest BCUT2D eigenvalue weighted by atomic mass is 16.2. The van der Waals surface area contributed by atoms with Crippen LogP contribution in [-0.4, -0.2) is 29.8 Å². The van der Waals surface area contributed by atoms with Gasteiger partial charge in [0.05, 0.1) is 5.69 Å². The molecule has 1 fully saturated rings. The minimum Gasteiger partial charge on any atom is -0.263 e. The Morgan fingerprint density at radius 3 is 2.18 bits per heavy atom. The van der Waals surface area contributed by atoms with E-state index in [0.29, 0.717) is 5.69 Å². The Morgan fingerprint density at radius 2 is 1.65 bits per heavy atom. The van der Waals surface area contributed by atoms with Gasteiger partial charge in [0.25, 0.3) is 0 Å². The van der Waals surface area contributed by atoms with Gasteiger partial charge in [0.2, 0.25) is 0 Å². The average molecular weight is 232 g/mol. The van der Waals surface area contributed by atoms with Crippen LogP contribution in [0.3, 0.4) is 0 Å². The van der Waals surface area contributed by atoms with Crippen LogP contribution in [0.5, 0.6) is 0 Å². The molecule has 0 unspecified atom stereocenters. The van der Waals surface area contributed by atoms with Gasteiger partial charge in [-0.3, -0.25) is 14.5 Å². The van der Waals surface area contributed by atoms with E-state index in [-0.39, 0.29) is 0 Å². The number of hydrogen-bond donors (Lipinski definition) is 0. The van der Waals surface area contributed by atoms with E-state index in [4.69, 9.17) is 0 Å². The van der Waals surface area contributed by atoms with E-state index < -0.39 is 17.8 Å². The maximum atomic E-state index is 11.8. The van der Waals surface area contributed by atoms with Gasteiger partial charge in [0, 0.05) is 7.05 Å². The minimum atomic E-state index is -0.800. The van der Waals surface area contributed by atoms with Crippen LogP contribution in [0.15, 0.2) is 18.2 Å². The van der Waals surface area contributed by atoms with Gasteiger partial charge in [-0.15, -0.1) is 0 Å². The van der Waals surface area contributed by atoms with Crippen molar-refractivity contribution in [3.63, 3.8) is 0 Å². The summed E-state index contributed by atoms with van der Waals surface area (Å²) < 4.78 is 0. The zero-order valence-electron chi connectivity index (χ0n) is 9.85. The zero-order chi connectivity index (χ0) is 12.7. The number of nitrogens with zero attached hydrogens (tertiary/aromatic N) is 2. The summed E-state index contributed by atoms with van der Waals surface area (Å²) in [6.07, 6.45) is 0. The van der Waals surface area contributed by atoms with Crippen molar-refractivity contribution >= 4 is 23.5 Å². The maximum Gasteiger partial charge on any atom is 0.338 e. The lowest BCUT2D eigenvalue weighted by Crippen LogP contribution is -2.32. The first-order chi connectivity index (χ1) is 7.93. The minimum absolute atomic E-state index is 0.470. The maximum absolute atomic E-state index is 11.8. The van der Waals surface area contributed by atoms with E-state index in [0.717, 1.165) is 20.9 Å². The third kappa shape index (κ3) is 1.60. The van der Waals surface area contributed by atoms with Gasteiger partial charge >= 0.3 is 17.8 Å². The number of aryl methyl sites for hydroxylation is 2. The molecule has 1 saturated heterocycles. The quantitative estimate of drug-likeness (QED) is 0.540. The highest BCUT2D eigenvalue weighted by molar-refractivity contribution is 6.52. The zero-order valence-corrected chi connectivity index (χ0v) is 9.85. The van der Waals surface area contributed by atoms with E-state index >= 15 is 0 Å². The van der Waals surface area contributed by atoms with Crippen LogP contribution >= 0.6 is 0 Å². The van der Waals surface area contributed by atoms with Crippen LogP contribution in [0.4, 0.5) is 10.5 Å². The van der Waals surface area contributed by atoms with Crippen molar-refractivity contribution in [3.8, 4) is 0 Å². The first kappa shape index (κ1) is 11.3. The van der Waals surface area contributed by atoms with Crippen LogP contribution in [0.25, 0.3) is 0 Å². The first-order valence-corrected chi connectivity index (χ1v) is 5.17. The smallest absolute Gasteiger partial charge is 0.263 e. The van der Waals surface area contributed by atoms with Crippen molar-refractivity contribution in [3.05, 3.63) is 29.3 Å². The Labute approximate surface area is 98.6 Å². The number of carbonyl (C=O) groups is 3. The Kier molecular flexibility index (Phi) is 2.46. The number of imide groups is 2. The molecule has 0 bridgehead atoms. The molecule has 4 amide bonds. The number of benzene rings is 1. The van der Waals surface area contributed by atoms with Crippen molar-refractivity contribution in [1.29, 1.82) is 0 Å². The fraction of sp³-hybridized carbons (Fsp3) is 0.250. The molecule has 0 saturated carbocycles. The summed E-state index contributed by atoms with van der Waals surface area (Å²) in [5, 5.41) is 0. The molecule has 0 spiro atoms. The largest absolute Gasteiger partial charge is 0.338 e. The summed E-state index contributed by atoms with van der Waals surface area (Å²) in [5.74, 6) is -1.60. The Hall–Kier alpha value is -2.17. The fourth-order valence-electron chi connectivity index (χ4n) is 1.74. The normalized spacial score (nSPS) is 16.1. The molecule has 5 nitrogen and oxygen atoms in total. The van der Waals surface area contributed by atoms with Crippen molar-refractivity contribution < 1.29 is 14.4 Å². The lowest BCUT2D eigenvalue weighted by Gasteiger charge is -2.16. The highest BCUT2D eigenvalue weighted by Crippen LogP contribution is 2.25. The van der Waals surface area contributed by atoms with Crippen LogP contribution < -0.4 is 4.90 Å². The number of carbonyl (C=O) groups excluding carboxylic acids is 3. The molecule has 1 aliphatic heterocycles. The number of anilines is 1. The summed E-state index contributed by atoms with van der Waals surface area (Å²) in [7, 11) is 1.30. The number of likely N-dealkylation sites (N-methyl/N-ethyl adjacent to an activating group) is 1. The van der Waals surface area contributed by atoms with Crippen LogP contribution in [0, 0.1) is 13.8 Å². The second kappa shape index (κ2) is 3.69. The van der Waals surface area contributed by atoms with Crippen LogP contribution in [0.1, 0.15) is 11.1 Å². The molecule has 17 heavy (non-hydrogen) atoms. The van der Waals surface area contributed by atoms with E-state index in [2.05, 4.69) is 0 Å². The number of amides is 4. The van der Waals surface area contributed by atoms with E-state index in [1.54, 1.807) is 13.0 Å². The van der Waals surface area contributed by atoms with E-state index in [1.807, 2.05) is 19.1 Å². The highest BCUT2D eigenvalue weighted by Gasteiger charge is 2.43. The van der Waals surface area contributed by atoms with Gasteiger partial charge in [0.1, 0.15) is 0 Å². The third-order valence-electron chi connectivity index (χ3n) is 2.77. The molecule has 0 aromatic heterocycles. The molecule has 0 N–H and O–H groups in total. The molecule has 0 atom stereocenters. The van der Waals surface area contributed by atoms with Gasteiger partial charge < -0.3 is 0 Å². The molecule has 0 aliphatic carbocycles. The summed E-state index contributed by atoms with van der Waals surface area (Å²) in [6, 6.07) is 4.81. The number of rotatable bonds is 1. The Bertz CT molecular complexity index is 537. The second-order valence-corrected chi connectivity index (χ2v) is 4.08. The van der Waals surface area contributed by atoms with Gasteiger partial charge in [-0.1, -0.05) is 12.1 Å². The predicted octanol–water partition coefficient (Wildman–Crippen LogP) is 1.23. The summed E-state index contributed by atoms with van der Waals surface area (Å²) in [6.45, 7) is 3.65. The second-order valence-electron chi connectivity index (χ2n) is 4.08. The Morgan fingerprint density at radius 1 is 1.00 bits per heavy atom. The molecule has 1 heterocycles. The molecule has 1 aliphatic rings. The summed E-state index contributed by atoms with van der Waals surface area (Å²) >= 11 is 0. The molecule has 0 radical (unpaired) electrons. The van der Waals surface area contributed by atoms with Crippen LogP contribution in [-0.2, 0) is 9.59 Å². The lowest BCUT2D eigenvalue weighted by atomic mass is 10.1. The number of urea groups is 1. The van der Waals surface area contributed by atoms with Crippen LogP contribution in [0.2, 0.25) is 0 Å². The van der Waals surface area contributed by atoms with Gasteiger partial charge in [-0.25, -0.2) is 9.69 Å². The molecular weight excluding hydrogens is 220 g/mol. The SMILES string of the molecule is Cc1ccc(C)c(N2C(=O)C(=O)N(C)C2=O)c1. The average Bonchev–Trinajstić information content (AvgIpc) is 2.48. The molecular formula is C12H12N2O3. The monoisotopic (exact) mass is 232 g/mol. The molecule has 88 valence electrons. The third-order valence-corrected chi connectivity index (χ3v) is 2.77. The lowest BCUT2D eigenvalue weighted by molar-refractivity contribution is -0.138. The van der Waals surface area contributed by atoms with Crippen molar-refractivity contribution in [2.24, 2.45) is 0 Å². The number of hydrogen-bond acceptors (Lipinski definition) is 3. The standard InChI is InChI=1S/C12H12N2O3/c1-7-4-5-8(2)9(6-7)14-11(16)10(15)13(3)12(14)17/h4-6H,1-3H3. The van der Waals surface area contributed by atoms with Crippen molar-refractivity contribution in [1.82, 2.24) is 4.90 Å². The van der Waals surface area contributed by atoms with Gasteiger partial charge in [-0.05, 0) is 31.0 Å². The van der Waals surface area contributed by atoms with Crippen molar-refractivity contribution in [2.75, 3.05) is 11.9 Å². The Balaban J connectivity index is 2.54. The molecule has 5 heteroatoms. The van der Waals surface area contributed by atoms with E-state index in [1.165, 1.54) is 7.05 Å². The molecule has 2 rings (SSSR count). The van der Waals surface area contributed by atoms with Crippen molar-refractivity contribution in [2.45, 2.75) is 13.8 Å². The van der Waals surface area contributed by atoms with Gasteiger partial charge in [0.15, 0.2) is 0 Å². The summed E-state index contributed by atoms with van der Waals surface area (Å²) in [5.41, 5.74) is 2.17. The fourth-order valence-corrected chi connectivity index (χ4v) is 1.74. The van der Waals surface area contributed by atoms with Gasteiger partial charge in [-0.2, -0.15) is 0 Å². The summed E-state index contributed by atoms with van der Waals surface area (Å²) in [4.78, 5) is 36.7. The predicted molar refractivity (Wildman–Crippen MR) is 61.6 cm³/mol. The topological polar surface area (TPSA) is 57.7 Å². The molecule has 1 aromatic carbocycles. The van der Waals surface area contributed by atoms with E-state index in [9.17, 15) is 14.4 Å². The molecule has 1 aromatic rings. The first-order valence-electron chi connectivity index (χ1n) is 5.17.